The molecular formula is C54H62F5N5O9S. The Morgan fingerprint density at radius 2 is 1.36 bits per heavy atom. The van der Waals surface area contributed by atoms with Gasteiger partial charge in [0, 0.05) is 48.3 Å². The van der Waals surface area contributed by atoms with Crippen LogP contribution in [0.3, 0.4) is 0 Å². The molecule has 0 saturated heterocycles. The Morgan fingerprint density at radius 1 is 0.811 bits per heavy atom. The number of nitrogens with zero attached hydrogens (tertiary/aromatic N) is 2. The molecule has 5 rings (SSSR count). The van der Waals surface area contributed by atoms with Gasteiger partial charge < -0.3 is 40.8 Å². The standard InChI is InChI=1S/C52H61F2N5O7S.C2HF3O2/c1-35(56)49(63)42(29-47(62)65-32-37-17-10-6-11-18-37)48(51(64)66-33-38-19-12-7-13-20-38)57-45(60)23-26-67-34-46(61)59(25-14-24-55)50(52(2,3)4)44-27-39(41-28-40(53)21-22-43(41)54)31-58(44)30-36-15-8-5-9-16-36;3-2(4,5)1(6)7/h5-13,15-22,27-28,31,35,42,48,50H,14,23-26,29-30,32-34,55-56H2,1-4H3,(H,57,60);(H,6,7)/t35-,42?,48-,50-;/m0./s1. The largest absolute Gasteiger partial charge is 0.490 e. The van der Waals surface area contributed by atoms with Crippen molar-refractivity contribution in [3.63, 3.8) is 0 Å². The second kappa shape index (κ2) is 28.5. The molecule has 0 fully saturated rings. The van der Waals surface area contributed by atoms with Crippen LogP contribution in [0.2, 0.25) is 0 Å². The van der Waals surface area contributed by atoms with E-state index < -0.39 is 83.3 Å². The van der Waals surface area contributed by atoms with Crippen LogP contribution in [0.4, 0.5) is 22.0 Å². The highest BCUT2D eigenvalue weighted by Crippen LogP contribution is 2.41. The van der Waals surface area contributed by atoms with E-state index in [4.69, 9.17) is 30.8 Å². The molecule has 0 aliphatic carbocycles. The zero-order valence-electron chi connectivity index (χ0n) is 41.5. The fraction of sp³-hybridized carbons (Fsp3) is 0.370. The van der Waals surface area contributed by atoms with Crippen LogP contribution < -0.4 is 16.8 Å². The summed E-state index contributed by atoms with van der Waals surface area (Å²) in [6.45, 7) is 8.24. The van der Waals surface area contributed by atoms with Crippen LogP contribution >= 0.6 is 11.8 Å². The van der Waals surface area contributed by atoms with Gasteiger partial charge in [-0.15, -0.1) is 0 Å². The van der Waals surface area contributed by atoms with Gasteiger partial charge in [0.05, 0.1) is 30.2 Å². The third-order valence-corrected chi connectivity index (χ3v) is 12.2. The number of carboxylic acids is 1. The number of halogens is 5. The fourth-order valence-electron chi connectivity index (χ4n) is 7.76. The second-order valence-electron chi connectivity index (χ2n) is 18.3. The number of carboxylic acid groups (broad SMARTS) is 1. The minimum Gasteiger partial charge on any atom is -0.475 e. The minimum atomic E-state index is -5.08. The number of esters is 2. The Labute approximate surface area is 431 Å². The van der Waals surface area contributed by atoms with Gasteiger partial charge in [-0.05, 0) is 66.3 Å². The van der Waals surface area contributed by atoms with E-state index in [0.717, 1.165) is 35.0 Å². The van der Waals surface area contributed by atoms with Crippen molar-refractivity contribution < 1.29 is 65.3 Å². The van der Waals surface area contributed by atoms with Gasteiger partial charge in [0.1, 0.15) is 30.9 Å². The summed E-state index contributed by atoms with van der Waals surface area (Å²) in [5.74, 6) is -8.42. The van der Waals surface area contributed by atoms with E-state index in [2.05, 4.69) is 5.32 Å². The Bertz CT molecular complexity index is 2630. The number of nitrogens with two attached hydrogens (primary N) is 2. The summed E-state index contributed by atoms with van der Waals surface area (Å²) in [7, 11) is 0. The first-order valence-corrected chi connectivity index (χ1v) is 24.7. The van der Waals surface area contributed by atoms with Gasteiger partial charge in [-0.2, -0.15) is 24.9 Å². The topological polar surface area (TPSA) is 213 Å². The van der Waals surface area contributed by atoms with Crippen molar-refractivity contribution in [1.29, 1.82) is 0 Å². The summed E-state index contributed by atoms with van der Waals surface area (Å²) in [6.07, 6.45) is -3.53. The molecule has 1 heterocycles. The van der Waals surface area contributed by atoms with E-state index >= 15 is 4.39 Å². The lowest BCUT2D eigenvalue weighted by Crippen LogP contribution is -2.52. The SMILES string of the molecule is C[C@H](N)C(=O)C(CC(=O)OCc1ccccc1)[C@H](NC(=O)CCSCC(=O)N(CCCN)[C@@H](c1cc(-c2cc(F)ccc2F)cn1Cc1ccccc1)C(C)(C)C)C(=O)OCc1ccccc1.O=C(O)C(F)(F)F. The molecule has 1 aromatic heterocycles. The number of hydrogen-bond acceptors (Lipinski definition) is 11. The number of ether oxygens (including phenoxy) is 2. The summed E-state index contributed by atoms with van der Waals surface area (Å²) in [5.41, 5.74) is 15.1. The first-order valence-electron chi connectivity index (χ1n) is 23.6. The van der Waals surface area contributed by atoms with Gasteiger partial charge in [0.2, 0.25) is 11.8 Å². The number of rotatable bonds is 24. The van der Waals surface area contributed by atoms with Gasteiger partial charge in [-0.1, -0.05) is 112 Å². The van der Waals surface area contributed by atoms with Crippen molar-refractivity contribution in [1.82, 2.24) is 14.8 Å². The summed E-state index contributed by atoms with van der Waals surface area (Å²) in [5, 5.41) is 9.77. The minimum absolute atomic E-state index is 0.0309. The number of ketones is 1. The van der Waals surface area contributed by atoms with Gasteiger partial charge >= 0.3 is 24.1 Å². The van der Waals surface area contributed by atoms with E-state index in [1.807, 2.05) is 67.8 Å². The molecule has 0 spiro atoms. The molecule has 1 unspecified atom stereocenters. The van der Waals surface area contributed by atoms with Crippen LogP contribution in [-0.2, 0) is 58.0 Å². The van der Waals surface area contributed by atoms with Crippen LogP contribution in [0.25, 0.3) is 11.1 Å². The second-order valence-corrected chi connectivity index (χ2v) is 19.4. The maximum Gasteiger partial charge on any atom is 0.490 e. The van der Waals surface area contributed by atoms with Crippen molar-refractivity contribution in [3.8, 4) is 11.1 Å². The summed E-state index contributed by atoms with van der Waals surface area (Å²) in [4.78, 5) is 79.3. The first kappa shape index (κ1) is 59.7. The Balaban J connectivity index is 0.00000158. The molecule has 4 aromatic carbocycles. The third kappa shape index (κ3) is 18.9. The molecule has 74 heavy (non-hydrogen) atoms. The Kier molecular flexibility index (Phi) is 23.0. The van der Waals surface area contributed by atoms with Crippen LogP contribution in [0, 0.1) is 23.0 Å². The molecule has 4 atom stereocenters. The Morgan fingerprint density at radius 3 is 1.89 bits per heavy atom. The van der Waals surface area contributed by atoms with Crippen molar-refractivity contribution in [3.05, 3.63) is 155 Å². The molecule has 5 aromatic rings. The van der Waals surface area contributed by atoms with Crippen molar-refractivity contribution >= 4 is 47.3 Å². The molecule has 0 aliphatic rings. The number of benzene rings is 4. The molecule has 2 amide bonds. The average molecular weight is 1050 g/mol. The highest BCUT2D eigenvalue weighted by Gasteiger charge is 2.41. The fourth-order valence-corrected chi connectivity index (χ4v) is 8.58. The average Bonchev–Trinajstić information content (AvgIpc) is 3.76. The van der Waals surface area contributed by atoms with E-state index in [1.54, 1.807) is 65.7 Å². The van der Waals surface area contributed by atoms with Crippen LogP contribution in [0.15, 0.2) is 121 Å². The number of aromatic nitrogens is 1. The number of thioether (sulfide) groups is 1. The molecule has 0 radical (unpaired) electrons. The van der Waals surface area contributed by atoms with Crippen LogP contribution in [-0.4, -0.2) is 92.9 Å². The number of aliphatic carboxylic acids is 1. The number of carbonyl (C=O) groups is 6. The van der Waals surface area contributed by atoms with Gasteiger partial charge in [-0.25, -0.2) is 18.4 Å². The molecule has 0 aliphatic heterocycles. The van der Waals surface area contributed by atoms with Gasteiger partial charge in [0.15, 0.2) is 5.78 Å². The zero-order chi connectivity index (χ0) is 54.6. The van der Waals surface area contributed by atoms with Crippen molar-refractivity contribution in [2.24, 2.45) is 22.8 Å². The zero-order valence-corrected chi connectivity index (χ0v) is 42.3. The predicted octanol–water partition coefficient (Wildman–Crippen LogP) is 8.40. The van der Waals surface area contributed by atoms with E-state index in [1.165, 1.54) is 18.7 Å². The number of Topliss-reactive ketones (excluding diaryl/α,β-unsaturated/α-hetero) is 1. The maximum absolute atomic E-state index is 15.2. The quantitative estimate of drug-likeness (QED) is 0.0261. The van der Waals surface area contributed by atoms with Crippen molar-refractivity contribution in [2.45, 2.75) is 91.0 Å². The number of amides is 2. The van der Waals surface area contributed by atoms with Gasteiger partial charge in [-0.3, -0.25) is 19.2 Å². The normalized spacial score (nSPS) is 13.0. The maximum atomic E-state index is 15.2. The molecular weight excluding hydrogens is 990 g/mol. The van der Waals surface area contributed by atoms with Crippen LogP contribution in [0.1, 0.15) is 75.4 Å². The van der Waals surface area contributed by atoms with E-state index in [9.17, 15) is 41.5 Å². The van der Waals surface area contributed by atoms with Crippen LogP contribution in [0.5, 0.6) is 0 Å². The van der Waals surface area contributed by atoms with Gasteiger partial charge in [0.25, 0.3) is 0 Å². The lowest BCUT2D eigenvalue weighted by Gasteiger charge is -2.41. The first-order chi connectivity index (χ1) is 35.0. The molecule has 0 saturated carbocycles. The number of hydrogen-bond donors (Lipinski definition) is 4. The Hall–Kier alpha value is -6.90. The summed E-state index contributed by atoms with van der Waals surface area (Å²) < 4.78 is 74.5. The smallest absolute Gasteiger partial charge is 0.475 e. The highest BCUT2D eigenvalue weighted by molar-refractivity contribution is 7.99. The highest BCUT2D eigenvalue weighted by atomic mass is 32.2. The summed E-state index contributed by atoms with van der Waals surface area (Å²) >= 11 is 1.21. The van der Waals surface area contributed by atoms with Crippen molar-refractivity contribution in [2.75, 3.05) is 24.6 Å². The number of carbonyl (C=O) groups excluding carboxylic acids is 5. The molecule has 6 N–H and O–H groups in total. The van der Waals surface area contributed by atoms with E-state index in [0.29, 0.717) is 37.2 Å². The number of nitrogens with one attached hydrogen (secondary N) is 1. The molecule has 0 bridgehead atoms. The predicted molar refractivity (Wildman–Crippen MR) is 270 cm³/mol. The molecule has 398 valence electrons. The molecule has 14 nitrogen and oxygen atoms in total. The number of alkyl halides is 3. The van der Waals surface area contributed by atoms with E-state index in [-0.39, 0.29) is 42.6 Å². The lowest BCUT2D eigenvalue weighted by atomic mass is 9.83. The third-order valence-electron chi connectivity index (χ3n) is 11.3. The lowest BCUT2D eigenvalue weighted by molar-refractivity contribution is -0.192. The monoisotopic (exact) mass is 1050 g/mol. The molecule has 20 heteroatoms. The summed E-state index contributed by atoms with van der Waals surface area (Å²) in [6, 6.07) is 29.4.